The molecule has 0 bridgehead atoms. The Morgan fingerprint density at radius 2 is 1.36 bits per heavy atom. The first-order valence-corrected chi connectivity index (χ1v) is 7.05. The van der Waals surface area contributed by atoms with Crippen LogP contribution in [-0.2, 0) is 9.47 Å². The molecule has 8 heteroatoms. The highest BCUT2D eigenvalue weighted by Gasteiger charge is 2.14. The molecular weight excluding hydrogens is 330 g/mol. The molecule has 2 aromatic carbocycles. The maximum absolute atomic E-state index is 11.9. The van der Waals surface area contributed by atoms with Gasteiger partial charge in [0.05, 0.1) is 23.2 Å². The third kappa shape index (κ3) is 4.47. The Balaban J connectivity index is 1.95. The van der Waals surface area contributed by atoms with Crippen LogP contribution in [0.3, 0.4) is 0 Å². The molecule has 0 spiro atoms. The van der Waals surface area contributed by atoms with Crippen molar-refractivity contribution in [1.82, 2.24) is 0 Å². The summed E-state index contributed by atoms with van der Waals surface area (Å²) in [6.45, 7) is -0.505. The Labute approximate surface area is 142 Å². The Morgan fingerprint density at radius 3 is 1.84 bits per heavy atom. The Morgan fingerprint density at radius 1 is 0.880 bits per heavy atom. The summed E-state index contributed by atoms with van der Waals surface area (Å²) in [5.74, 6) is -1.76. The van der Waals surface area contributed by atoms with Gasteiger partial charge in [0.2, 0.25) is 0 Å². The molecule has 0 aromatic heterocycles. The second kappa shape index (κ2) is 7.82. The van der Waals surface area contributed by atoms with Crippen molar-refractivity contribution in [3.05, 3.63) is 75.3 Å². The van der Waals surface area contributed by atoms with Gasteiger partial charge < -0.3 is 9.47 Å². The first-order valence-electron chi connectivity index (χ1n) is 7.05. The van der Waals surface area contributed by atoms with Gasteiger partial charge in [0.15, 0.2) is 12.4 Å². The molecule has 0 heterocycles. The number of non-ortho nitro benzene ring substituents is 1. The zero-order valence-electron chi connectivity index (χ0n) is 13.1. The van der Waals surface area contributed by atoms with Gasteiger partial charge in [0.1, 0.15) is 0 Å². The number of nitro benzene ring substituents is 1. The van der Waals surface area contributed by atoms with Crippen molar-refractivity contribution in [3.8, 4) is 0 Å². The van der Waals surface area contributed by atoms with E-state index in [2.05, 4.69) is 4.74 Å². The monoisotopic (exact) mass is 343 g/mol. The van der Waals surface area contributed by atoms with Crippen LogP contribution in [0.25, 0.3) is 0 Å². The van der Waals surface area contributed by atoms with Gasteiger partial charge in [-0.05, 0) is 36.4 Å². The molecule has 2 aromatic rings. The van der Waals surface area contributed by atoms with Crippen molar-refractivity contribution < 1.29 is 28.8 Å². The van der Waals surface area contributed by atoms with E-state index in [9.17, 15) is 24.5 Å². The van der Waals surface area contributed by atoms with Crippen LogP contribution in [0.1, 0.15) is 31.1 Å². The van der Waals surface area contributed by atoms with Crippen molar-refractivity contribution in [1.29, 1.82) is 0 Å². The smallest absolute Gasteiger partial charge is 0.338 e. The number of ether oxygens (including phenoxy) is 2. The summed E-state index contributed by atoms with van der Waals surface area (Å²) in [7, 11) is 1.24. The van der Waals surface area contributed by atoms with E-state index in [0.717, 1.165) is 0 Å². The van der Waals surface area contributed by atoms with Gasteiger partial charge in [-0.25, -0.2) is 9.59 Å². The number of Topliss-reactive ketones (excluding diaryl/α,β-unsaturated/α-hetero) is 1. The lowest BCUT2D eigenvalue weighted by Gasteiger charge is -2.05. The average Bonchev–Trinajstić information content (AvgIpc) is 2.65. The average molecular weight is 343 g/mol. The third-order valence-corrected chi connectivity index (χ3v) is 3.28. The quantitative estimate of drug-likeness (QED) is 0.342. The molecule has 0 N–H and O–H groups in total. The molecule has 0 aliphatic carbocycles. The first-order chi connectivity index (χ1) is 11.9. The number of hydrogen-bond donors (Lipinski definition) is 0. The van der Waals surface area contributed by atoms with Gasteiger partial charge in [-0.15, -0.1) is 0 Å². The number of ketones is 1. The van der Waals surface area contributed by atoms with Gasteiger partial charge in [0.25, 0.3) is 5.69 Å². The van der Waals surface area contributed by atoms with Crippen LogP contribution in [0, 0.1) is 10.1 Å². The first kappa shape index (κ1) is 17.8. The van der Waals surface area contributed by atoms with Crippen LogP contribution < -0.4 is 0 Å². The van der Waals surface area contributed by atoms with Crippen LogP contribution in [0.5, 0.6) is 0 Å². The Hall–Kier alpha value is -3.55. The largest absolute Gasteiger partial charge is 0.465 e. The number of benzene rings is 2. The summed E-state index contributed by atoms with van der Waals surface area (Å²) in [5.41, 5.74) is 0.504. The van der Waals surface area contributed by atoms with Crippen LogP contribution in [0.4, 0.5) is 5.69 Å². The van der Waals surface area contributed by atoms with E-state index in [1.165, 1.54) is 55.6 Å². The van der Waals surface area contributed by atoms with E-state index in [0.29, 0.717) is 0 Å². The lowest BCUT2D eigenvalue weighted by molar-refractivity contribution is -0.384. The van der Waals surface area contributed by atoms with Crippen LogP contribution in [0.2, 0.25) is 0 Å². The summed E-state index contributed by atoms with van der Waals surface area (Å²) >= 11 is 0. The molecule has 0 radical (unpaired) electrons. The number of esters is 2. The second-order valence-electron chi connectivity index (χ2n) is 4.87. The van der Waals surface area contributed by atoms with Crippen molar-refractivity contribution in [2.24, 2.45) is 0 Å². The normalized spacial score (nSPS) is 9.96. The SMILES string of the molecule is COC(=O)c1ccc(C(=O)OCC(=O)c2ccc([N+](=O)[O-])cc2)cc1. The molecular formula is C17H13NO7. The summed E-state index contributed by atoms with van der Waals surface area (Å²) in [4.78, 5) is 45.1. The van der Waals surface area contributed by atoms with E-state index in [-0.39, 0.29) is 22.4 Å². The molecule has 8 nitrogen and oxygen atoms in total. The van der Waals surface area contributed by atoms with Crippen molar-refractivity contribution in [2.75, 3.05) is 13.7 Å². The molecule has 128 valence electrons. The number of rotatable bonds is 6. The van der Waals surface area contributed by atoms with Crippen molar-refractivity contribution >= 4 is 23.4 Å². The minimum Gasteiger partial charge on any atom is -0.465 e. The second-order valence-corrected chi connectivity index (χ2v) is 4.87. The standard InChI is InChI=1S/C17H13NO7/c1-24-16(20)12-2-4-13(5-3-12)17(21)25-10-15(19)11-6-8-14(9-7-11)18(22)23/h2-9H,10H2,1H3. The highest BCUT2D eigenvalue weighted by atomic mass is 16.6. The number of nitro groups is 1. The number of hydrogen-bond acceptors (Lipinski definition) is 7. The summed E-state index contributed by atoms with van der Waals surface area (Å²) in [5, 5.41) is 10.6. The zero-order chi connectivity index (χ0) is 18.4. The van der Waals surface area contributed by atoms with Gasteiger partial charge in [-0.3, -0.25) is 14.9 Å². The molecule has 2 rings (SSSR count). The van der Waals surface area contributed by atoms with E-state index >= 15 is 0 Å². The van der Waals surface area contributed by atoms with E-state index < -0.39 is 29.3 Å². The minimum absolute atomic E-state index is 0.140. The lowest BCUT2D eigenvalue weighted by atomic mass is 10.1. The lowest BCUT2D eigenvalue weighted by Crippen LogP contribution is -2.14. The third-order valence-electron chi connectivity index (χ3n) is 3.28. The Bertz CT molecular complexity index is 810. The molecule has 0 aliphatic heterocycles. The minimum atomic E-state index is -0.730. The summed E-state index contributed by atoms with van der Waals surface area (Å²) in [6, 6.07) is 10.5. The van der Waals surface area contributed by atoms with Crippen LogP contribution in [-0.4, -0.2) is 36.4 Å². The fourth-order valence-electron chi connectivity index (χ4n) is 1.93. The molecule has 0 atom stereocenters. The topological polar surface area (TPSA) is 113 Å². The van der Waals surface area contributed by atoms with Crippen LogP contribution >= 0.6 is 0 Å². The van der Waals surface area contributed by atoms with E-state index in [1.54, 1.807) is 0 Å². The number of nitrogens with zero attached hydrogens (tertiary/aromatic N) is 1. The van der Waals surface area contributed by atoms with Gasteiger partial charge >= 0.3 is 11.9 Å². The highest BCUT2D eigenvalue weighted by molar-refractivity contribution is 5.99. The molecule has 0 aliphatic rings. The summed E-state index contributed by atoms with van der Waals surface area (Å²) < 4.78 is 9.46. The fourth-order valence-corrected chi connectivity index (χ4v) is 1.93. The summed E-state index contributed by atoms with van der Waals surface area (Å²) in [6.07, 6.45) is 0. The van der Waals surface area contributed by atoms with E-state index in [1.807, 2.05) is 0 Å². The number of carbonyl (C=O) groups excluding carboxylic acids is 3. The van der Waals surface area contributed by atoms with Gasteiger partial charge in [0, 0.05) is 17.7 Å². The zero-order valence-corrected chi connectivity index (χ0v) is 13.1. The molecule has 0 saturated heterocycles. The van der Waals surface area contributed by atoms with Gasteiger partial charge in [-0.2, -0.15) is 0 Å². The van der Waals surface area contributed by atoms with Crippen molar-refractivity contribution in [3.63, 3.8) is 0 Å². The maximum atomic E-state index is 11.9. The fraction of sp³-hybridized carbons (Fsp3) is 0.118. The maximum Gasteiger partial charge on any atom is 0.338 e. The predicted octanol–water partition coefficient (Wildman–Crippen LogP) is 2.42. The number of methoxy groups -OCH3 is 1. The van der Waals surface area contributed by atoms with E-state index in [4.69, 9.17) is 4.74 Å². The molecule has 0 amide bonds. The Kier molecular flexibility index (Phi) is 5.57. The molecule has 25 heavy (non-hydrogen) atoms. The van der Waals surface area contributed by atoms with Gasteiger partial charge in [-0.1, -0.05) is 0 Å². The highest BCUT2D eigenvalue weighted by Crippen LogP contribution is 2.13. The molecule has 0 saturated carbocycles. The molecule has 0 unspecified atom stereocenters. The predicted molar refractivity (Wildman–Crippen MR) is 85.5 cm³/mol. The van der Waals surface area contributed by atoms with Crippen LogP contribution in [0.15, 0.2) is 48.5 Å². The number of carbonyl (C=O) groups is 3. The molecule has 0 fully saturated rings. The van der Waals surface area contributed by atoms with Crippen molar-refractivity contribution in [2.45, 2.75) is 0 Å².